The highest BCUT2D eigenvalue weighted by molar-refractivity contribution is 7.99. The summed E-state index contributed by atoms with van der Waals surface area (Å²) < 4.78 is 25.6. The lowest BCUT2D eigenvalue weighted by molar-refractivity contribution is -0.142. The zero-order valence-electron chi connectivity index (χ0n) is 50.9. The molecule has 7 atom stereocenters. The normalized spacial score (nSPS) is 16.7. The zero-order valence-corrected chi connectivity index (χ0v) is 51.7. The summed E-state index contributed by atoms with van der Waals surface area (Å²) in [4.78, 5) is 90.9. The Balaban J connectivity index is 0.751. The molecule has 0 spiro atoms. The van der Waals surface area contributed by atoms with Crippen LogP contribution in [-0.4, -0.2) is 178 Å². The van der Waals surface area contributed by atoms with E-state index in [-0.39, 0.29) is 56.1 Å². The Morgan fingerprint density at radius 3 is 1.49 bits per heavy atom. The number of amides is 6. The molecule has 6 aromatic rings. The SMILES string of the molecule is C[C@@H](OCC#CC#CCO[C@H](C)[C@H](NC(=O)[C@H](C)N(C)C(=O)OCC1c2ccccc2-c2ccccc21)C(=O)N1CCCC1Cn1nnnc1Sc1ccccc1)[C@H](NC(=O)[C@H](C)N(C)C(=O)OCC1c2ccccc2-c2ccccc21)C(=O)N1CCCC1. The van der Waals surface area contributed by atoms with Crippen molar-refractivity contribution in [3.63, 3.8) is 0 Å². The molecule has 0 saturated carbocycles. The van der Waals surface area contributed by atoms with E-state index in [0.717, 1.165) is 62.2 Å². The van der Waals surface area contributed by atoms with E-state index in [1.807, 2.05) is 103 Å². The number of likely N-dealkylation sites (N-methyl/N-ethyl adjacent to an activating group) is 2. The number of ether oxygens (including phenoxy) is 4. The van der Waals surface area contributed by atoms with Crippen LogP contribution in [0.25, 0.3) is 22.3 Å². The molecule has 2 fully saturated rings. The van der Waals surface area contributed by atoms with Gasteiger partial charge in [0, 0.05) is 50.5 Å². The average molecular weight is 1220 g/mol. The molecule has 1 aromatic heterocycles. The van der Waals surface area contributed by atoms with Crippen LogP contribution < -0.4 is 10.6 Å². The van der Waals surface area contributed by atoms with Gasteiger partial charge in [-0.3, -0.25) is 29.0 Å². The lowest BCUT2D eigenvalue weighted by Gasteiger charge is -2.33. The van der Waals surface area contributed by atoms with Crippen LogP contribution in [0.3, 0.4) is 0 Å². The van der Waals surface area contributed by atoms with Gasteiger partial charge in [0.25, 0.3) is 0 Å². The largest absolute Gasteiger partial charge is 0.448 e. The fourth-order valence-corrected chi connectivity index (χ4v) is 12.7. The van der Waals surface area contributed by atoms with Gasteiger partial charge in [0.2, 0.25) is 28.8 Å². The van der Waals surface area contributed by atoms with Crippen molar-refractivity contribution in [3.05, 3.63) is 150 Å². The number of rotatable bonds is 22. The summed E-state index contributed by atoms with van der Waals surface area (Å²) >= 11 is 1.41. The summed E-state index contributed by atoms with van der Waals surface area (Å²) in [6, 6.07) is 37.2. The number of tetrazole rings is 1. The molecule has 0 radical (unpaired) electrons. The molecule has 20 nitrogen and oxygen atoms in total. The van der Waals surface area contributed by atoms with Gasteiger partial charge in [-0.1, -0.05) is 127 Å². The molecule has 89 heavy (non-hydrogen) atoms. The van der Waals surface area contributed by atoms with Crippen molar-refractivity contribution in [1.29, 1.82) is 0 Å². The second kappa shape index (κ2) is 29.3. The number of fused-ring (bicyclic) bond motifs is 6. The summed E-state index contributed by atoms with van der Waals surface area (Å²) in [5.74, 6) is 9.03. The summed E-state index contributed by atoms with van der Waals surface area (Å²) in [6.45, 7) is 8.14. The number of hydrogen-bond acceptors (Lipinski definition) is 14. The van der Waals surface area contributed by atoms with Gasteiger partial charge in [0.05, 0.1) is 24.8 Å². The van der Waals surface area contributed by atoms with Gasteiger partial charge in [-0.25, -0.2) is 14.3 Å². The summed E-state index contributed by atoms with van der Waals surface area (Å²) in [5, 5.41) is 18.8. The Bertz CT molecular complexity index is 3580. The Kier molecular flexibility index (Phi) is 20.8. The molecule has 3 heterocycles. The number of carbonyl (C=O) groups is 6. The minimum Gasteiger partial charge on any atom is -0.448 e. The quantitative estimate of drug-likeness (QED) is 0.0621. The molecule has 0 bridgehead atoms. The molecular formula is C68H74N10O10S. The van der Waals surface area contributed by atoms with Crippen molar-refractivity contribution in [2.45, 2.75) is 124 Å². The molecule has 1 unspecified atom stereocenters. The maximum atomic E-state index is 14.8. The van der Waals surface area contributed by atoms with Gasteiger partial charge in [-0.05, 0) is 144 Å². The van der Waals surface area contributed by atoms with Crippen molar-refractivity contribution < 1.29 is 47.7 Å². The highest BCUT2D eigenvalue weighted by Crippen LogP contribution is 2.46. The van der Waals surface area contributed by atoms with Crippen molar-refractivity contribution in [1.82, 2.24) is 50.4 Å². The van der Waals surface area contributed by atoms with Crippen LogP contribution in [-0.2, 0) is 44.7 Å². The van der Waals surface area contributed by atoms with E-state index in [2.05, 4.69) is 74.1 Å². The monoisotopic (exact) mass is 1220 g/mol. The van der Waals surface area contributed by atoms with Crippen LogP contribution in [0.4, 0.5) is 9.59 Å². The molecule has 2 N–H and O–H groups in total. The van der Waals surface area contributed by atoms with Crippen LogP contribution in [0.1, 0.15) is 87.5 Å². The number of nitrogens with zero attached hydrogens (tertiary/aromatic N) is 8. The molecular weight excluding hydrogens is 1150 g/mol. The molecule has 6 amide bonds. The smallest absolute Gasteiger partial charge is 0.410 e. The van der Waals surface area contributed by atoms with Crippen molar-refractivity contribution in [3.8, 4) is 45.9 Å². The van der Waals surface area contributed by atoms with Crippen LogP contribution in [0.5, 0.6) is 0 Å². The minimum atomic E-state index is -1.20. The van der Waals surface area contributed by atoms with Crippen LogP contribution in [0.2, 0.25) is 0 Å². The molecule has 2 aliphatic heterocycles. The lowest BCUT2D eigenvalue weighted by Crippen LogP contribution is -2.58. The third kappa shape index (κ3) is 14.6. The van der Waals surface area contributed by atoms with E-state index < -0.39 is 60.4 Å². The Labute approximate surface area is 523 Å². The van der Waals surface area contributed by atoms with Crippen LogP contribution in [0.15, 0.2) is 137 Å². The van der Waals surface area contributed by atoms with Gasteiger partial charge in [-0.15, -0.1) is 5.10 Å². The predicted molar refractivity (Wildman–Crippen MR) is 334 cm³/mol. The topological polar surface area (TPSA) is 220 Å². The van der Waals surface area contributed by atoms with Crippen LogP contribution >= 0.6 is 11.8 Å². The summed E-state index contributed by atoms with van der Waals surface area (Å²) in [6.07, 6.45) is -0.0786. The second-order valence-electron chi connectivity index (χ2n) is 22.7. The third-order valence-corrected chi connectivity index (χ3v) is 18.2. The zero-order chi connectivity index (χ0) is 62.6. The van der Waals surface area contributed by atoms with E-state index in [4.69, 9.17) is 18.9 Å². The molecule has 2 saturated heterocycles. The van der Waals surface area contributed by atoms with Crippen LogP contribution in [0, 0.1) is 23.7 Å². The highest BCUT2D eigenvalue weighted by atomic mass is 32.2. The molecule has 4 aliphatic rings. The van der Waals surface area contributed by atoms with Crippen molar-refractivity contribution >= 4 is 47.6 Å². The maximum absolute atomic E-state index is 14.8. The van der Waals surface area contributed by atoms with E-state index in [0.29, 0.717) is 44.2 Å². The van der Waals surface area contributed by atoms with E-state index in [1.165, 1.54) is 35.7 Å². The number of hydrogen-bond donors (Lipinski definition) is 2. The first-order valence-corrected chi connectivity index (χ1v) is 31.0. The molecule has 21 heteroatoms. The van der Waals surface area contributed by atoms with Gasteiger partial charge >= 0.3 is 12.2 Å². The first kappa shape index (κ1) is 63.0. The standard InChI is InChI=1S/C68H74N10O10S/c1-44(74(5)67(83)87-42-58-54-32-16-12-28-50(54)51-29-13-17-33-55(51)58)62(79)69-60(64(81)76-36-20-21-37-76)46(3)85-39-22-7-8-23-40-86-47(4)61(65(82)77-38-24-25-48(77)41-78-66(71-72-73-78)89-49-26-10-9-11-27-49)70-63(80)45(2)75(6)68(84)88-43-59-56-34-18-14-30-52(56)53-31-15-19-35-57(53)59/h9-19,26-35,44-48,58-61H,20-21,24-25,36-43H2,1-6H3,(H,69,79)(H,70,80)/t44-,45-,46+,47+,48?,60-,61-/m0/s1. The Morgan fingerprint density at radius 1 is 0.584 bits per heavy atom. The number of nitrogens with one attached hydrogen (secondary N) is 2. The molecule has 462 valence electrons. The second-order valence-corrected chi connectivity index (χ2v) is 23.7. The van der Waals surface area contributed by atoms with Crippen molar-refractivity contribution in [2.75, 3.05) is 60.2 Å². The summed E-state index contributed by atoms with van der Waals surface area (Å²) in [7, 11) is 2.98. The molecule has 2 aliphatic carbocycles. The van der Waals surface area contributed by atoms with Crippen molar-refractivity contribution in [2.24, 2.45) is 0 Å². The van der Waals surface area contributed by atoms with Gasteiger partial charge < -0.3 is 39.4 Å². The number of carbonyl (C=O) groups excluding carboxylic acids is 6. The first-order valence-electron chi connectivity index (χ1n) is 30.2. The Hall–Kier alpha value is -9.02. The number of likely N-dealkylation sites (tertiary alicyclic amines) is 2. The lowest BCUT2D eigenvalue weighted by atomic mass is 9.98. The van der Waals surface area contributed by atoms with E-state index >= 15 is 0 Å². The first-order chi connectivity index (χ1) is 43.2. The van der Waals surface area contributed by atoms with Gasteiger partial charge in [0.1, 0.15) is 50.6 Å². The maximum Gasteiger partial charge on any atom is 0.410 e. The number of aromatic nitrogens is 4. The summed E-state index contributed by atoms with van der Waals surface area (Å²) in [5.41, 5.74) is 8.62. The predicted octanol–water partition coefficient (Wildman–Crippen LogP) is 7.76. The Morgan fingerprint density at radius 2 is 1.02 bits per heavy atom. The van der Waals surface area contributed by atoms with E-state index in [1.54, 1.807) is 42.2 Å². The fourth-order valence-electron chi connectivity index (χ4n) is 11.9. The molecule has 5 aromatic carbocycles. The third-order valence-electron chi connectivity index (χ3n) is 17.2. The highest BCUT2D eigenvalue weighted by Gasteiger charge is 2.40. The van der Waals surface area contributed by atoms with Gasteiger partial charge in [-0.2, -0.15) is 0 Å². The minimum absolute atomic E-state index is 0.0619. The average Bonchev–Trinajstić information content (AvgIpc) is 1.85. The molecule has 10 rings (SSSR count). The fraction of sp³-hybridized carbons (Fsp3) is 0.397. The van der Waals surface area contributed by atoms with Gasteiger partial charge in [0.15, 0.2) is 0 Å². The number of benzene rings is 5. The van der Waals surface area contributed by atoms with E-state index in [9.17, 15) is 28.8 Å².